The molecule has 1 aromatic rings. The van der Waals surface area contributed by atoms with Crippen LogP contribution < -0.4 is 16.0 Å². The number of quaternary nitrogens is 1. The van der Waals surface area contributed by atoms with Gasteiger partial charge >= 0.3 is 0 Å². The molecule has 5 nitrogen and oxygen atoms in total. The lowest BCUT2D eigenvalue weighted by Crippen LogP contribution is -2.88. The molecule has 0 aromatic heterocycles. The van der Waals surface area contributed by atoms with Crippen molar-refractivity contribution in [3.05, 3.63) is 35.9 Å². The molecule has 0 fully saturated rings. The highest BCUT2D eigenvalue weighted by molar-refractivity contribution is 5.78. The highest BCUT2D eigenvalue weighted by atomic mass is 16.2. The van der Waals surface area contributed by atoms with Crippen LogP contribution in [0.15, 0.2) is 30.3 Å². The largest absolute Gasteiger partial charge is 0.354 e. The minimum Gasteiger partial charge on any atom is -0.354 e. The van der Waals surface area contributed by atoms with E-state index >= 15 is 0 Å². The van der Waals surface area contributed by atoms with E-state index in [-0.39, 0.29) is 24.9 Å². The molecule has 1 aromatic carbocycles. The molecule has 2 amide bonds. The molecule has 0 saturated heterocycles. The molecule has 98 valence electrons. The molecule has 0 bridgehead atoms. The second-order valence-corrected chi connectivity index (χ2v) is 3.96. The van der Waals surface area contributed by atoms with Crippen LogP contribution in [0.1, 0.15) is 5.56 Å². The van der Waals surface area contributed by atoms with Gasteiger partial charge < -0.3 is 16.0 Å². The molecule has 1 rings (SSSR count). The summed E-state index contributed by atoms with van der Waals surface area (Å²) in [5.74, 6) is -0.123. The van der Waals surface area contributed by atoms with Crippen LogP contribution in [0.4, 0.5) is 0 Å². The first-order chi connectivity index (χ1) is 8.72. The number of nitrogens with one attached hydrogen (secondary N) is 2. The predicted octanol–water partition coefficient (Wildman–Crippen LogP) is -1.35. The van der Waals surface area contributed by atoms with Crippen molar-refractivity contribution in [3.63, 3.8) is 0 Å². The lowest BCUT2D eigenvalue weighted by atomic mass is 10.1. The third-order valence-corrected chi connectivity index (χ3v) is 2.52. The molecule has 0 aliphatic heterocycles. The third-order valence-electron chi connectivity index (χ3n) is 2.52. The number of likely N-dealkylation sites (N-methyl/N-ethyl adjacent to an activating group) is 1. The maximum absolute atomic E-state index is 11.4. The lowest BCUT2D eigenvalue weighted by molar-refractivity contribution is -0.633. The second-order valence-electron chi connectivity index (χ2n) is 3.96. The van der Waals surface area contributed by atoms with Gasteiger partial charge in [0.1, 0.15) is 0 Å². The summed E-state index contributed by atoms with van der Waals surface area (Å²) in [5.41, 5.74) is 1.20. The predicted molar refractivity (Wildman–Crippen MR) is 68.9 cm³/mol. The molecule has 4 N–H and O–H groups in total. The van der Waals surface area contributed by atoms with Gasteiger partial charge in [0.15, 0.2) is 13.1 Å². The maximum atomic E-state index is 11.4. The number of nitrogens with two attached hydrogens (primary N) is 1. The summed E-state index contributed by atoms with van der Waals surface area (Å²) in [5, 5.41) is 7.00. The molecule has 5 heteroatoms. The standard InChI is InChI=1S/C13H19N3O2/c1-14-12(17)9-15-10-13(18)16-8-7-11-5-3-2-4-6-11/h2-6,15H,7-10H2,1H3,(H,14,17)(H,16,18)/p+1. The van der Waals surface area contributed by atoms with Crippen molar-refractivity contribution in [2.24, 2.45) is 0 Å². The van der Waals surface area contributed by atoms with Gasteiger partial charge in [-0.15, -0.1) is 0 Å². The zero-order chi connectivity index (χ0) is 13.2. The van der Waals surface area contributed by atoms with Crippen LogP contribution in [0.2, 0.25) is 0 Å². The van der Waals surface area contributed by atoms with E-state index < -0.39 is 0 Å². The van der Waals surface area contributed by atoms with E-state index in [2.05, 4.69) is 10.6 Å². The molecular formula is C13H20N3O2+. The van der Waals surface area contributed by atoms with E-state index in [1.807, 2.05) is 30.3 Å². The van der Waals surface area contributed by atoms with E-state index in [1.54, 1.807) is 12.4 Å². The summed E-state index contributed by atoms with van der Waals surface area (Å²) in [4.78, 5) is 22.3. The van der Waals surface area contributed by atoms with E-state index in [4.69, 9.17) is 0 Å². The van der Waals surface area contributed by atoms with E-state index in [0.717, 1.165) is 6.42 Å². The Labute approximate surface area is 107 Å². The maximum Gasteiger partial charge on any atom is 0.275 e. The van der Waals surface area contributed by atoms with Crippen molar-refractivity contribution in [2.75, 3.05) is 26.7 Å². The summed E-state index contributed by atoms with van der Waals surface area (Å²) >= 11 is 0. The first-order valence-electron chi connectivity index (χ1n) is 6.05. The summed E-state index contributed by atoms with van der Waals surface area (Å²) in [7, 11) is 1.58. The molecule has 0 aliphatic carbocycles. The lowest BCUT2D eigenvalue weighted by Gasteiger charge is -2.04. The second kappa shape index (κ2) is 8.25. The first-order valence-corrected chi connectivity index (χ1v) is 6.05. The van der Waals surface area contributed by atoms with Gasteiger partial charge in [-0.2, -0.15) is 0 Å². The molecule has 0 aliphatic rings. The smallest absolute Gasteiger partial charge is 0.275 e. The Kier molecular flexibility index (Phi) is 6.50. The van der Waals surface area contributed by atoms with Crippen LogP contribution in [-0.4, -0.2) is 38.5 Å². The monoisotopic (exact) mass is 250 g/mol. The van der Waals surface area contributed by atoms with Gasteiger partial charge in [-0.25, -0.2) is 0 Å². The highest BCUT2D eigenvalue weighted by Gasteiger charge is 2.05. The zero-order valence-corrected chi connectivity index (χ0v) is 10.6. The van der Waals surface area contributed by atoms with Crippen molar-refractivity contribution >= 4 is 11.8 Å². The fourth-order valence-electron chi connectivity index (χ4n) is 1.50. The number of carbonyl (C=O) groups excluding carboxylic acids is 2. The van der Waals surface area contributed by atoms with Crippen LogP contribution in [0.3, 0.4) is 0 Å². The van der Waals surface area contributed by atoms with Crippen LogP contribution in [0.25, 0.3) is 0 Å². The van der Waals surface area contributed by atoms with Crippen molar-refractivity contribution in [3.8, 4) is 0 Å². The minimum absolute atomic E-state index is 0.0464. The minimum atomic E-state index is -0.0768. The molecule has 0 heterocycles. The fourth-order valence-corrected chi connectivity index (χ4v) is 1.50. The normalized spacial score (nSPS) is 9.83. The Hall–Kier alpha value is -1.88. The fraction of sp³-hybridized carbons (Fsp3) is 0.385. The zero-order valence-electron chi connectivity index (χ0n) is 10.6. The number of hydrogen-bond donors (Lipinski definition) is 3. The Balaban J connectivity index is 2.09. The van der Waals surface area contributed by atoms with Gasteiger partial charge in [-0.1, -0.05) is 30.3 Å². The average Bonchev–Trinajstić information content (AvgIpc) is 2.39. The molecule has 0 unspecified atom stereocenters. The van der Waals surface area contributed by atoms with Crippen LogP contribution in [0.5, 0.6) is 0 Å². The summed E-state index contributed by atoms with van der Waals surface area (Å²) in [6.45, 7) is 1.18. The number of amides is 2. The van der Waals surface area contributed by atoms with Gasteiger partial charge in [0.05, 0.1) is 0 Å². The molecule has 0 spiro atoms. The molecule has 18 heavy (non-hydrogen) atoms. The van der Waals surface area contributed by atoms with Crippen molar-refractivity contribution < 1.29 is 14.9 Å². The summed E-state index contributed by atoms with van der Waals surface area (Å²) < 4.78 is 0. The van der Waals surface area contributed by atoms with Crippen LogP contribution in [-0.2, 0) is 16.0 Å². The van der Waals surface area contributed by atoms with Crippen LogP contribution in [0, 0.1) is 0 Å². The Morgan fingerprint density at radius 3 is 2.44 bits per heavy atom. The summed E-state index contributed by atoms with van der Waals surface area (Å²) in [6, 6.07) is 9.99. The Morgan fingerprint density at radius 1 is 1.11 bits per heavy atom. The number of hydrogen-bond acceptors (Lipinski definition) is 2. The highest BCUT2D eigenvalue weighted by Crippen LogP contribution is 1.97. The Bertz CT molecular complexity index is 379. The van der Waals surface area contributed by atoms with Crippen LogP contribution >= 0.6 is 0 Å². The summed E-state index contributed by atoms with van der Waals surface area (Å²) in [6.07, 6.45) is 0.821. The molecule has 0 atom stereocenters. The topological polar surface area (TPSA) is 74.8 Å². The quantitative estimate of drug-likeness (QED) is 0.560. The number of carbonyl (C=O) groups is 2. The van der Waals surface area contributed by atoms with Crippen molar-refractivity contribution in [1.29, 1.82) is 0 Å². The van der Waals surface area contributed by atoms with Gasteiger partial charge in [0, 0.05) is 13.6 Å². The number of rotatable bonds is 7. The molecule has 0 saturated carbocycles. The van der Waals surface area contributed by atoms with Gasteiger partial charge in [-0.3, -0.25) is 9.59 Å². The van der Waals surface area contributed by atoms with Crippen molar-refractivity contribution in [2.45, 2.75) is 6.42 Å². The van der Waals surface area contributed by atoms with E-state index in [1.165, 1.54) is 5.56 Å². The van der Waals surface area contributed by atoms with Crippen molar-refractivity contribution in [1.82, 2.24) is 10.6 Å². The molecule has 0 radical (unpaired) electrons. The average molecular weight is 250 g/mol. The van der Waals surface area contributed by atoms with Gasteiger partial charge in [0.2, 0.25) is 0 Å². The third kappa shape index (κ3) is 6.00. The number of benzene rings is 1. The first kappa shape index (κ1) is 14.2. The Morgan fingerprint density at radius 2 is 1.78 bits per heavy atom. The van der Waals surface area contributed by atoms with Gasteiger partial charge in [0.25, 0.3) is 11.8 Å². The van der Waals surface area contributed by atoms with E-state index in [0.29, 0.717) is 6.54 Å². The van der Waals surface area contributed by atoms with Gasteiger partial charge in [-0.05, 0) is 12.0 Å². The SMILES string of the molecule is CNC(=O)C[NH2+]CC(=O)NCCc1ccccc1. The van der Waals surface area contributed by atoms with E-state index in [9.17, 15) is 9.59 Å². The molecular weight excluding hydrogens is 230 g/mol.